The summed E-state index contributed by atoms with van der Waals surface area (Å²) in [5.74, 6) is 0.186. The number of likely N-dealkylation sites (N-methyl/N-ethyl adjacent to an activating group) is 1. The molecule has 3 aliphatic heterocycles. The Hall–Kier alpha value is -4.51. The number of nitrogens with one attached hydrogen (secondary N) is 4. The topological polar surface area (TPSA) is 118 Å². The van der Waals surface area contributed by atoms with Gasteiger partial charge in [0, 0.05) is 31.2 Å². The summed E-state index contributed by atoms with van der Waals surface area (Å²) in [6.45, 7) is 0.980. The number of aromatic amines is 1. The van der Waals surface area contributed by atoms with Crippen molar-refractivity contribution in [2.75, 3.05) is 49.8 Å². The Kier molecular flexibility index (Phi) is 6.45. The molecule has 2 aromatic rings. The van der Waals surface area contributed by atoms with E-state index >= 15 is 0 Å². The molecule has 3 heterocycles. The third-order valence-electron chi connectivity index (χ3n) is 6.13. The fourth-order valence-electron chi connectivity index (χ4n) is 4.41. The number of hydrogen-bond donors (Lipinski definition) is 4. The number of rotatable bonds is 7. The first-order chi connectivity index (χ1) is 17.8. The number of aromatic nitrogens is 3. The van der Waals surface area contributed by atoms with Crippen LogP contribution in [0.5, 0.6) is 0 Å². The highest BCUT2D eigenvalue weighted by Crippen LogP contribution is 2.34. The van der Waals surface area contributed by atoms with Crippen molar-refractivity contribution in [2.24, 2.45) is 0 Å². The van der Waals surface area contributed by atoms with E-state index in [9.17, 15) is 14.0 Å². The molecule has 0 saturated carbocycles. The molecule has 0 radical (unpaired) electrons. The number of benzene rings is 2. The van der Waals surface area contributed by atoms with Gasteiger partial charge in [0.2, 0.25) is 11.9 Å². The van der Waals surface area contributed by atoms with Gasteiger partial charge in [0.05, 0.1) is 23.4 Å². The Balaban J connectivity index is 1.46. The lowest BCUT2D eigenvalue weighted by Crippen LogP contribution is -2.36. The molecule has 2 amide bonds. The summed E-state index contributed by atoms with van der Waals surface area (Å²) in [6, 6.07) is 12.0. The van der Waals surface area contributed by atoms with Gasteiger partial charge in [0.1, 0.15) is 17.5 Å². The second-order valence-electron chi connectivity index (χ2n) is 9.01. The molecule has 0 unspecified atom stereocenters. The maximum atomic E-state index is 14.5. The summed E-state index contributed by atoms with van der Waals surface area (Å²) in [7, 11) is 5.19. The van der Waals surface area contributed by atoms with Crippen LogP contribution in [0, 0.1) is 5.82 Å². The van der Waals surface area contributed by atoms with Crippen molar-refractivity contribution in [1.29, 1.82) is 0 Å². The number of H-pyrrole nitrogens is 1. The van der Waals surface area contributed by atoms with Gasteiger partial charge in [-0.2, -0.15) is 4.98 Å². The Morgan fingerprint density at radius 2 is 2.00 bits per heavy atom. The number of nitrogens with zero attached hydrogens (tertiary/aromatic N) is 4. The molecule has 0 aliphatic carbocycles. The zero-order valence-electron chi connectivity index (χ0n) is 20.7. The molecular formula is C26H27FN8O2. The molecular weight excluding hydrogens is 475 g/mol. The number of carbonyl (C=O) groups is 2. The van der Waals surface area contributed by atoms with Crippen molar-refractivity contribution < 1.29 is 14.0 Å². The molecule has 2 aromatic carbocycles. The molecule has 0 aromatic heterocycles. The van der Waals surface area contributed by atoms with Crippen LogP contribution in [0.3, 0.4) is 0 Å². The van der Waals surface area contributed by atoms with E-state index in [0.29, 0.717) is 36.2 Å². The van der Waals surface area contributed by atoms with Gasteiger partial charge in [0.25, 0.3) is 5.91 Å². The smallest absolute Gasteiger partial charge is 0.256 e. The molecule has 0 saturated heterocycles. The molecule has 11 heteroatoms. The lowest BCUT2D eigenvalue weighted by Gasteiger charge is -2.20. The number of carbonyl (C=O) groups excluding carboxylic acids is 2. The Bertz CT molecular complexity index is 1450. The largest absolute Gasteiger partial charge is 0.355 e. The van der Waals surface area contributed by atoms with E-state index in [4.69, 9.17) is 0 Å². The fraction of sp³-hybridized carbons (Fsp3) is 0.231. The van der Waals surface area contributed by atoms with Crippen molar-refractivity contribution in [2.45, 2.75) is 6.42 Å². The van der Waals surface area contributed by atoms with Crippen LogP contribution in [-0.4, -0.2) is 65.9 Å². The summed E-state index contributed by atoms with van der Waals surface area (Å²) in [4.78, 5) is 40.8. The first kappa shape index (κ1) is 24.2. The van der Waals surface area contributed by atoms with Crippen LogP contribution >= 0.6 is 0 Å². The fourth-order valence-corrected chi connectivity index (χ4v) is 4.41. The van der Waals surface area contributed by atoms with Crippen LogP contribution in [-0.2, 0) is 11.2 Å². The summed E-state index contributed by atoms with van der Waals surface area (Å²) in [5, 5.41) is 8.82. The van der Waals surface area contributed by atoms with Crippen molar-refractivity contribution in [3.63, 3.8) is 0 Å². The predicted octanol–water partition coefficient (Wildman–Crippen LogP) is 3.35. The molecule has 3 aliphatic rings. The second-order valence-corrected chi connectivity index (χ2v) is 9.01. The summed E-state index contributed by atoms with van der Waals surface area (Å²) < 4.78 is 14.5. The minimum absolute atomic E-state index is 0.0430. The van der Waals surface area contributed by atoms with Gasteiger partial charge in [-0.15, -0.1) is 0 Å². The minimum Gasteiger partial charge on any atom is -0.355 e. The molecule has 190 valence electrons. The zero-order valence-corrected chi connectivity index (χ0v) is 20.7. The molecule has 0 spiro atoms. The first-order valence-electron chi connectivity index (χ1n) is 11.8. The number of anilines is 5. The van der Waals surface area contributed by atoms with E-state index in [2.05, 4.69) is 30.9 Å². The molecule has 0 atom stereocenters. The SMILES string of the molecule is CNC(=O)c1c(F)cccc1Nc1nc(Nc2ccc3c(c2)N(C(=O)CN(C)C)CC3)[nH]c2nccc1-2. The molecule has 10 nitrogen and oxygen atoms in total. The quantitative estimate of drug-likeness (QED) is 0.306. The van der Waals surface area contributed by atoms with Gasteiger partial charge >= 0.3 is 0 Å². The monoisotopic (exact) mass is 502 g/mol. The van der Waals surface area contributed by atoms with E-state index in [1.807, 2.05) is 37.2 Å². The Labute approximate surface area is 213 Å². The van der Waals surface area contributed by atoms with Crippen molar-refractivity contribution in [3.05, 3.63) is 65.6 Å². The maximum absolute atomic E-state index is 14.5. The van der Waals surface area contributed by atoms with Crippen molar-refractivity contribution in [1.82, 2.24) is 25.2 Å². The summed E-state index contributed by atoms with van der Waals surface area (Å²) in [6.07, 6.45) is 2.44. The van der Waals surface area contributed by atoms with Crippen LogP contribution in [0.25, 0.3) is 11.4 Å². The van der Waals surface area contributed by atoms with Gasteiger partial charge in [-0.05, 0) is 56.4 Å². The van der Waals surface area contributed by atoms with Crippen molar-refractivity contribution >= 4 is 40.6 Å². The van der Waals surface area contributed by atoms with Gasteiger partial charge in [0.15, 0.2) is 0 Å². The standard InChI is InChI=1S/C26H27FN8O2/c1-28-25(37)22-18(27)5-4-6-19(22)31-24-17-9-11-29-23(17)32-26(33-24)30-16-8-7-15-10-12-35(20(15)13-16)21(36)14-34(2)3/h4-9,11,13H,10,12,14H2,1-3H3,(H,28,37)(H3,29,30,31,32,33). The Morgan fingerprint density at radius 1 is 1.16 bits per heavy atom. The van der Waals surface area contributed by atoms with Gasteiger partial charge < -0.3 is 30.7 Å². The highest BCUT2D eigenvalue weighted by Gasteiger charge is 2.25. The molecule has 0 fully saturated rings. The van der Waals surface area contributed by atoms with E-state index in [1.54, 1.807) is 23.2 Å². The van der Waals surface area contributed by atoms with Gasteiger partial charge in [-0.3, -0.25) is 9.59 Å². The normalized spacial score (nSPS) is 12.6. The first-order valence-corrected chi connectivity index (χ1v) is 11.8. The highest BCUT2D eigenvalue weighted by molar-refractivity contribution is 6.01. The molecule has 4 N–H and O–H groups in total. The van der Waals surface area contributed by atoms with Crippen LogP contribution in [0.2, 0.25) is 0 Å². The van der Waals surface area contributed by atoms with E-state index < -0.39 is 11.7 Å². The molecule has 37 heavy (non-hydrogen) atoms. The average Bonchev–Trinajstić information content (AvgIpc) is 3.50. The molecule has 5 rings (SSSR count). The zero-order chi connectivity index (χ0) is 26.1. The van der Waals surface area contributed by atoms with Gasteiger partial charge in [-0.25, -0.2) is 9.37 Å². The van der Waals surface area contributed by atoms with Crippen LogP contribution < -0.4 is 20.9 Å². The summed E-state index contributed by atoms with van der Waals surface area (Å²) >= 11 is 0. The summed E-state index contributed by atoms with van der Waals surface area (Å²) in [5.41, 5.74) is 3.56. The van der Waals surface area contributed by atoms with Crippen LogP contribution in [0.4, 0.5) is 33.2 Å². The number of halogens is 1. The van der Waals surface area contributed by atoms with Gasteiger partial charge in [-0.1, -0.05) is 12.1 Å². The average molecular weight is 503 g/mol. The lowest BCUT2D eigenvalue weighted by molar-refractivity contribution is -0.119. The van der Waals surface area contributed by atoms with E-state index in [-0.39, 0.29) is 17.2 Å². The minimum atomic E-state index is -0.645. The predicted molar refractivity (Wildman–Crippen MR) is 140 cm³/mol. The lowest BCUT2D eigenvalue weighted by atomic mass is 10.1. The van der Waals surface area contributed by atoms with Crippen LogP contribution in [0.1, 0.15) is 15.9 Å². The van der Waals surface area contributed by atoms with E-state index in [0.717, 1.165) is 23.4 Å². The van der Waals surface area contributed by atoms with Crippen LogP contribution in [0.15, 0.2) is 48.7 Å². The molecule has 0 bridgehead atoms. The number of amides is 2. The third kappa shape index (κ3) is 4.81. The van der Waals surface area contributed by atoms with Crippen molar-refractivity contribution in [3.8, 4) is 11.4 Å². The number of fused-ring (bicyclic) bond motifs is 2. The maximum Gasteiger partial charge on any atom is 0.256 e. The third-order valence-corrected chi connectivity index (χ3v) is 6.13. The number of hydrogen-bond acceptors (Lipinski definition) is 7. The highest BCUT2D eigenvalue weighted by atomic mass is 19.1. The van der Waals surface area contributed by atoms with E-state index in [1.165, 1.54) is 19.2 Å². The Morgan fingerprint density at radius 3 is 2.78 bits per heavy atom. The second kappa shape index (κ2) is 9.86.